The Hall–Kier alpha value is -1.84. The molecule has 0 aromatic heterocycles. The molecule has 1 amide bonds. The van der Waals surface area contributed by atoms with Gasteiger partial charge in [-0.05, 0) is 62.5 Å². The van der Waals surface area contributed by atoms with Gasteiger partial charge in [0.1, 0.15) is 0 Å². The Bertz CT molecular complexity index is 611. The van der Waals surface area contributed by atoms with E-state index in [4.69, 9.17) is 4.74 Å². The number of fused-ring (bicyclic) bond motifs is 2. The zero-order chi connectivity index (χ0) is 16.4. The van der Waals surface area contributed by atoms with Crippen LogP contribution in [0.15, 0.2) is 18.2 Å². The van der Waals surface area contributed by atoms with Crippen LogP contribution < -0.4 is 5.32 Å². The molecule has 2 aliphatic carbocycles. The summed E-state index contributed by atoms with van der Waals surface area (Å²) in [4.78, 5) is 23.9. The Morgan fingerprint density at radius 2 is 2.04 bits per heavy atom. The highest BCUT2D eigenvalue weighted by Crippen LogP contribution is 2.49. The van der Waals surface area contributed by atoms with E-state index in [0.717, 1.165) is 29.2 Å². The second kappa shape index (κ2) is 6.73. The lowest BCUT2D eigenvalue weighted by molar-refractivity contribution is -0.148. The normalized spacial score (nSPS) is 25.4. The van der Waals surface area contributed by atoms with Gasteiger partial charge in [0.05, 0.1) is 0 Å². The standard InChI is InChI=1S/C19H25NO3/c1-12-3-6-17(13(2)7-12)20-18(21)11-23-19(22)10-16-9-14-4-5-15(16)8-14/h3,6-7,14-16H,4-5,8-11H2,1-2H3,(H,20,21)/t14-,15-,16+/m0/s1. The highest BCUT2D eigenvalue weighted by Gasteiger charge is 2.40. The number of hydrogen-bond acceptors (Lipinski definition) is 3. The van der Waals surface area contributed by atoms with Crippen LogP contribution in [0.1, 0.15) is 43.2 Å². The summed E-state index contributed by atoms with van der Waals surface area (Å²) in [6, 6.07) is 5.83. The van der Waals surface area contributed by atoms with Gasteiger partial charge < -0.3 is 10.1 Å². The Morgan fingerprint density at radius 1 is 1.22 bits per heavy atom. The maximum absolute atomic E-state index is 11.9. The van der Waals surface area contributed by atoms with E-state index in [1.807, 2.05) is 32.0 Å². The summed E-state index contributed by atoms with van der Waals surface area (Å²) in [5, 5.41) is 2.80. The van der Waals surface area contributed by atoms with Crippen molar-refractivity contribution in [3.05, 3.63) is 29.3 Å². The fraction of sp³-hybridized carbons (Fsp3) is 0.579. The second-order valence-electron chi connectivity index (χ2n) is 7.17. The smallest absolute Gasteiger partial charge is 0.306 e. The number of carbonyl (C=O) groups is 2. The van der Waals surface area contributed by atoms with Crippen LogP contribution in [0.2, 0.25) is 0 Å². The topological polar surface area (TPSA) is 55.4 Å². The number of benzene rings is 1. The van der Waals surface area contributed by atoms with Gasteiger partial charge in [-0.15, -0.1) is 0 Å². The molecule has 23 heavy (non-hydrogen) atoms. The molecular formula is C19H25NO3. The van der Waals surface area contributed by atoms with Gasteiger partial charge in [0, 0.05) is 12.1 Å². The summed E-state index contributed by atoms with van der Waals surface area (Å²) < 4.78 is 5.16. The van der Waals surface area contributed by atoms with Crippen molar-refractivity contribution in [1.29, 1.82) is 0 Å². The van der Waals surface area contributed by atoms with E-state index < -0.39 is 0 Å². The van der Waals surface area contributed by atoms with Crippen molar-refractivity contribution in [3.8, 4) is 0 Å². The Balaban J connectivity index is 1.42. The number of rotatable bonds is 5. The summed E-state index contributed by atoms with van der Waals surface area (Å²) in [6.07, 6.45) is 5.50. The van der Waals surface area contributed by atoms with Crippen molar-refractivity contribution < 1.29 is 14.3 Å². The minimum Gasteiger partial charge on any atom is -0.456 e. The van der Waals surface area contributed by atoms with Crippen LogP contribution in [0.4, 0.5) is 5.69 Å². The maximum Gasteiger partial charge on any atom is 0.306 e. The molecule has 3 atom stereocenters. The maximum atomic E-state index is 11.9. The van der Waals surface area contributed by atoms with Crippen molar-refractivity contribution in [2.24, 2.45) is 17.8 Å². The molecule has 0 unspecified atom stereocenters. The Morgan fingerprint density at radius 3 is 2.70 bits per heavy atom. The predicted molar refractivity (Wildman–Crippen MR) is 89.1 cm³/mol. The molecule has 2 aliphatic rings. The summed E-state index contributed by atoms with van der Waals surface area (Å²) in [6.45, 7) is 3.76. The summed E-state index contributed by atoms with van der Waals surface area (Å²) in [5.41, 5.74) is 2.93. The molecule has 1 N–H and O–H groups in total. The highest BCUT2D eigenvalue weighted by atomic mass is 16.5. The van der Waals surface area contributed by atoms with E-state index in [9.17, 15) is 9.59 Å². The zero-order valence-corrected chi connectivity index (χ0v) is 13.9. The molecule has 124 valence electrons. The lowest BCUT2D eigenvalue weighted by atomic mass is 9.86. The van der Waals surface area contributed by atoms with E-state index >= 15 is 0 Å². The van der Waals surface area contributed by atoms with Gasteiger partial charge in [-0.2, -0.15) is 0 Å². The molecular weight excluding hydrogens is 290 g/mol. The number of ether oxygens (including phenoxy) is 1. The second-order valence-corrected chi connectivity index (χ2v) is 7.17. The Kier molecular flexibility index (Phi) is 4.69. The minimum absolute atomic E-state index is 0.201. The van der Waals surface area contributed by atoms with Crippen molar-refractivity contribution in [2.45, 2.75) is 46.0 Å². The lowest BCUT2D eigenvalue weighted by Crippen LogP contribution is -2.23. The van der Waals surface area contributed by atoms with Gasteiger partial charge in [0.15, 0.2) is 6.61 Å². The summed E-state index contributed by atoms with van der Waals surface area (Å²) in [5.74, 6) is 1.49. The number of amides is 1. The largest absolute Gasteiger partial charge is 0.456 e. The van der Waals surface area contributed by atoms with Crippen molar-refractivity contribution in [1.82, 2.24) is 0 Å². The lowest BCUT2D eigenvalue weighted by Gasteiger charge is -2.20. The molecule has 2 bridgehead atoms. The average Bonchev–Trinajstić information content (AvgIpc) is 3.11. The fourth-order valence-electron chi connectivity index (χ4n) is 4.19. The van der Waals surface area contributed by atoms with Crippen LogP contribution >= 0.6 is 0 Å². The molecule has 2 saturated carbocycles. The quantitative estimate of drug-likeness (QED) is 0.845. The van der Waals surface area contributed by atoms with Gasteiger partial charge in [0.25, 0.3) is 5.91 Å². The zero-order valence-electron chi connectivity index (χ0n) is 13.9. The van der Waals surface area contributed by atoms with Crippen LogP contribution in [-0.2, 0) is 14.3 Å². The molecule has 1 aromatic carbocycles. The summed E-state index contributed by atoms with van der Waals surface area (Å²) in [7, 11) is 0. The van der Waals surface area contributed by atoms with Crippen molar-refractivity contribution in [2.75, 3.05) is 11.9 Å². The van der Waals surface area contributed by atoms with Crippen LogP contribution in [0.5, 0.6) is 0 Å². The first-order valence-corrected chi connectivity index (χ1v) is 8.54. The number of nitrogens with one attached hydrogen (secondary N) is 1. The predicted octanol–water partition coefficient (Wildman–Crippen LogP) is 3.61. The number of carbonyl (C=O) groups excluding carboxylic acids is 2. The first-order chi connectivity index (χ1) is 11.0. The number of aryl methyl sites for hydroxylation is 2. The first kappa shape index (κ1) is 16.0. The summed E-state index contributed by atoms with van der Waals surface area (Å²) >= 11 is 0. The molecule has 0 spiro atoms. The van der Waals surface area contributed by atoms with Crippen molar-refractivity contribution >= 4 is 17.6 Å². The van der Waals surface area contributed by atoms with Crippen LogP contribution in [0.25, 0.3) is 0 Å². The van der Waals surface area contributed by atoms with E-state index in [1.54, 1.807) is 0 Å². The molecule has 0 radical (unpaired) electrons. The molecule has 0 saturated heterocycles. The van der Waals surface area contributed by atoms with E-state index in [2.05, 4.69) is 5.32 Å². The molecule has 4 nitrogen and oxygen atoms in total. The number of esters is 1. The molecule has 4 heteroatoms. The first-order valence-electron chi connectivity index (χ1n) is 8.54. The third-order valence-corrected chi connectivity index (χ3v) is 5.33. The van der Waals surface area contributed by atoms with Crippen molar-refractivity contribution in [3.63, 3.8) is 0 Å². The van der Waals surface area contributed by atoms with Crippen LogP contribution in [0.3, 0.4) is 0 Å². The van der Waals surface area contributed by atoms with E-state index in [1.165, 1.54) is 19.3 Å². The van der Waals surface area contributed by atoms with Gasteiger partial charge in [-0.3, -0.25) is 9.59 Å². The fourth-order valence-corrected chi connectivity index (χ4v) is 4.19. The van der Waals surface area contributed by atoms with E-state index in [0.29, 0.717) is 18.3 Å². The van der Waals surface area contributed by atoms with E-state index in [-0.39, 0.29) is 18.5 Å². The average molecular weight is 315 g/mol. The van der Waals surface area contributed by atoms with Gasteiger partial charge in [-0.25, -0.2) is 0 Å². The molecule has 3 rings (SSSR count). The Labute approximate surface area is 137 Å². The minimum atomic E-state index is -0.279. The third-order valence-electron chi connectivity index (χ3n) is 5.33. The number of anilines is 1. The van der Waals surface area contributed by atoms with Gasteiger partial charge >= 0.3 is 5.97 Å². The molecule has 1 aromatic rings. The van der Waals surface area contributed by atoms with Crippen LogP contribution in [0, 0.1) is 31.6 Å². The molecule has 2 fully saturated rings. The monoisotopic (exact) mass is 315 g/mol. The SMILES string of the molecule is Cc1ccc(NC(=O)COC(=O)C[C@H]2C[C@H]3CC[C@H]2C3)c(C)c1. The van der Waals surface area contributed by atoms with Gasteiger partial charge in [0.2, 0.25) is 0 Å². The third kappa shape index (κ3) is 3.92. The van der Waals surface area contributed by atoms with Crippen LogP contribution in [-0.4, -0.2) is 18.5 Å². The molecule has 0 aliphatic heterocycles. The van der Waals surface area contributed by atoms with Gasteiger partial charge in [-0.1, -0.05) is 24.1 Å². The molecule has 0 heterocycles. The number of hydrogen-bond donors (Lipinski definition) is 1. The highest BCUT2D eigenvalue weighted by molar-refractivity contribution is 5.93.